The molecule has 4 rings (SSSR count). The van der Waals surface area contributed by atoms with Gasteiger partial charge in [-0.25, -0.2) is 0 Å². The van der Waals surface area contributed by atoms with Gasteiger partial charge in [-0.2, -0.15) is 0 Å². The maximum Gasteiger partial charge on any atom is 0.0552 e. The molecule has 2 aromatic rings. The van der Waals surface area contributed by atoms with Crippen LogP contribution in [0.3, 0.4) is 0 Å². The summed E-state index contributed by atoms with van der Waals surface area (Å²) in [6.45, 7) is 0. The second-order valence-electron chi connectivity index (χ2n) is 6.65. The third kappa shape index (κ3) is 2.03. The van der Waals surface area contributed by atoms with Gasteiger partial charge in [0, 0.05) is 5.41 Å². The van der Waals surface area contributed by atoms with Crippen LogP contribution in [-0.4, -0.2) is 11.2 Å². The van der Waals surface area contributed by atoms with Gasteiger partial charge in [-0.1, -0.05) is 48.5 Å². The monoisotopic (exact) mass is 278 g/mol. The summed E-state index contributed by atoms with van der Waals surface area (Å²) >= 11 is 0. The molecule has 0 saturated heterocycles. The largest absolute Gasteiger partial charge is 0.393 e. The van der Waals surface area contributed by atoms with Crippen molar-refractivity contribution in [3.8, 4) is 0 Å². The van der Waals surface area contributed by atoms with Crippen molar-refractivity contribution in [2.45, 2.75) is 50.0 Å². The minimum atomic E-state index is -0.169. The first kappa shape index (κ1) is 13.1. The van der Waals surface area contributed by atoms with Crippen LogP contribution in [0.25, 0.3) is 0 Å². The molecule has 0 bridgehead atoms. The Hall–Kier alpha value is -1.60. The Labute approximate surface area is 126 Å². The van der Waals surface area contributed by atoms with Crippen LogP contribution >= 0.6 is 0 Å². The van der Waals surface area contributed by atoms with Gasteiger partial charge in [0.25, 0.3) is 0 Å². The molecule has 1 heteroatoms. The Kier molecular flexibility index (Phi) is 3.11. The van der Waals surface area contributed by atoms with Gasteiger partial charge in [0.05, 0.1) is 6.10 Å². The standard InChI is InChI=1S/C20H22O/c21-17-8-5-13-20(14-17)18-9-3-1-6-15(18)11-12-16-7-2-4-10-19(16)20/h1-4,6-7,9-10,17,21H,5,8,11-14H2. The summed E-state index contributed by atoms with van der Waals surface area (Å²) in [5, 5.41) is 10.4. The van der Waals surface area contributed by atoms with E-state index in [0.29, 0.717) is 0 Å². The Morgan fingerprint density at radius 3 is 2.00 bits per heavy atom. The Morgan fingerprint density at radius 2 is 1.43 bits per heavy atom. The van der Waals surface area contributed by atoms with E-state index < -0.39 is 0 Å². The fraction of sp³-hybridized carbons (Fsp3) is 0.400. The molecule has 1 spiro atoms. The minimum absolute atomic E-state index is 0.0291. The first-order chi connectivity index (χ1) is 10.3. The molecule has 108 valence electrons. The molecule has 2 aliphatic rings. The molecule has 1 N–H and O–H groups in total. The summed E-state index contributed by atoms with van der Waals surface area (Å²) in [5.41, 5.74) is 5.91. The predicted molar refractivity (Wildman–Crippen MR) is 85.5 cm³/mol. The molecule has 1 nitrogen and oxygen atoms in total. The van der Waals surface area contributed by atoms with Crippen LogP contribution in [0, 0.1) is 0 Å². The number of aliphatic hydroxyl groups is 1. The highest BCUT2D eigenvalue weighted by Gasteiger charge is 2.42. The molecule has 0 heterocycles. The molecule has 2 aromatic carbocycles. The normalized spacial score (nSPS) is 23.2. The van der Waals surface area contributed by atoms with Crippen molar-refractivity contribution in [1.29, 1.82) is 0 Å². The minimum Gasteiger partial charge on any atom is -0.393 e. The SMILES string of the molecule is OC1CCCC2(C1)c1ccccc1CCc1ccccc12. The molecule has 1 saturated carbocycles. The third-order valence-electron chi connectivity index (χ3n) is 5.45. The smallest absolute Gasteiger partial charge is 0.0552 e. The van der Waals surface area contributed by atoms with E-state index in [-0.39, 0.29) is 11.5 Å². The average molecular weight is 278 g/mol. The van der Waals surface area contributed by atoms with Crippen LogP contribution < -0.4 is 0 Å². The van der Waals surface area contributed by atoms with E-state index in [1.165, 1.54) is 22.3 Å². The Bertz CT molecular complexity index is 611. The van der Waals surface area contributed by atoms with Crippen LogP contribution in [0.15, 0.2) is 48.5 Å². The summed E-state index contributed by atoms with van der Waals surface area (Å²) in [5.74, 6) is 0. The number of fused-ring (bicyclic) bond motifs is 4. The van der Waals surface area contributed by atoms with E-state index in [9.17, 15) is 5.11 Å². The number of aryl methyl sites for hydroxylation is 2. The van der Waals surface area contributed by atoms with E-state index in [1.807, 2.05) is 0 Å². The molecular formula is C20H22O. The van der Waals surface area contributed by atoms with Crippen LogP contribution in [0.1, 0.15) is 47.9 Å². The lowest BCUT2D eigenvalue weighted by atomic mass is 9.63. The first-order valence-corrected chi connectivity index (χ1v) is 8.14. The zero-order chi connectivity index (χ0) is 14.3. The lowest BCUT2D eigenvalue weighted by Gasteiger charge is -2.41. The van der Waals surface area contributed by atoms with Crippen molar-refractivity contribution in [3.63, 3.8) is 0 Å². The van der Waals surface area contributed by atoms with Gasteiger partial charge in [0.1, 0.15) is 0 Å². The molecule has 0 aromatic heterocycles. The molecule has 1 unspecified atom stereocenters. The van der Waals surface area contributed by atoms with E-state index >= 15 is 0 Å². The van der Waals surface area contributed by atoms with Gasteiger partial charge in [0.2, 0.25) is 0 Å². The maximum absolute atomic E-state index is 10.4. The average Bonchev–Trinajstić information content (AvgIpc) is 2.65. The fourth-order valence-corrected chi connectivity index (χ4v) is 4.56. The summed E-state index contributed by atoms with van der Waals surface area (Å²) in [6.07, 6.45) is 6.17. The van der Waals surface area contributed by atoms with Crippen molar-refractivity contribution >= 4 is 0 Å². The molecule has 0 aliphatic heterocycles. The van der Waals surface area contributed by atoms with E-state index in [2.05, 4.69) is 48.5 Å². The van der Waals surface area contributed by atoms with Crippen LogP contribution in [0.2, 0.25) is 0 Å². The van der Waals surface area contributed by atoms with Crippen molar-refractivity contribution in [2.75, 3.05) is 0 Å². The lowest BCUT2D eigenvalue weighted by molar-refractivity contribution is 0.0975. The van der Waals surface area contributed by atoms with Gasteiger partial charge in [-0.15, -0.1) is 0 Å². The van der Waals surface area contributed by atoms with E-state index in [1.54, 1.807) is 0 Å². The molecule has 1 fully saturated rings. The topological polar surface area (TPSA) is 20.2 Å². The van der Waals surface area contributed by atoms with Crippen LogP contribution in [0.4, 0.5) is 0 Å². The van der Waals surface area contributed by atoms with Crippen LogP contribution in [0.5, 0.6) is 0 Å². The zero-order valence-electron chi connectivity index (χ0n) is 12.4. The summed E-state index contributed by atoms with van der Waals surface area (Å²) in [6, 6.07) is 17.8. The molecule has 21 heavy (non-hydrogen) atoms. The second kappa shape index (κ2) is 4.99. The number of hydrogen-bond acceptors (Lipinski definition) is 1. The molecule has 0 amide bonds. The number of benzene rings is 2. The maximum atomic E-state index is 10.4. The highest BCUT2D eigenvalue weighted by molar-refractivity contribution is 5.50. The number of hydrogen-bond donors (Lipinski definition) is 1. The van der Waals surface area contributed by atoms with E-state index in [0.717, 1.165) is 38.5 Å². The highest BCUT2D eigenvalue weighted by atomic mass is 16.3. The predicted octanol–water partition coefficient (Wildman–Crippen LogP) is 4.01. The number of rotatable bonds is 0. The van der Waals surface area contributed by atoms with Crippen molar-refractivity contribution in [3.05, 3.63) is 70.8 Å². The van der Waals surface area contributed by atoms with Crippen LogP contribution in [-0.2, 0) is 18.3 Å². The Morgan fingerprint density at radius 1 is 0.857 bits per heavy atom. The van der Waals surface area contributed by atoms with Gasteiger partial charge in [-0.05, 0) is 60.8 Å². The quantitative estimate of drug-likeness (QED) is 0.772. The fourth-order valence-electron chi connectivity index (χ4n) is 4.56. The first-order valence-electron chi connectivity index (χ1n) is 8.14. The molecular weight excluding hydrogens is 256 g/mol. The molecule has 2 aliphatic carbocycles. The molecule has 1 atom stereocenters. The Balaban J connectivity index is 1.98. The van der Waals surface area contributed by atoms with Crippen molar-refractivity contribution in [1.82, 2.24) is 0 Å². The zero-order valence-corrected chi connectivity index (χ0v) is 12.4. The third-order valence-corrected chi connectivity index (χ3v) is 5.45. The summed E-state index contributed by atoms with van der Waals surface area (Å²) < 4.78 is 0. The van der Waals surface area contributed by atoms with Gasteiger partial charge in [-0.3, -0.25) is 0 Å². The van der Waals surface area contributed by atoms with Crippen molar-refractivity contribution < 1.29 is 5.11 Å². The molecule has 0 radical (unpaired) electrons. The van der Waals surface area contributed by atoms with Gasteiger partial charge < -0.3 is 5.11 Å². The second-order valence-corrected chi connectivity index (χ2v) is 6.65. The summed E-state index contributed by atoms with van der Waals surface area (Å²) in [4.78, 5) is 0. The number of aliphatic hydroxyl groups excluding tert-OH is 1. The van der Waals surface area contributed by atoms with E-state index in [4.69, 9.17) is 0 Å². The lowest BCUT2D eigenvalue weighted by Crippen LogP contribution is -2.37. The summed E-state index contributed by atoms with van der Waals surface area (Å²) in [7, 11) is 0. The highest BCUT2D eigenvalue weighted by Crippen LogP contribution is 2.48. The van der Waals surface area contributed by atoms with Gasteiger partial charge >= 0.3 is 0 Å². The van der Waals surface area contributed by atoms with Gasteiger partial charge in [0.15, 0.2) is 0 Å². The van der Waals surface area contributed by atoms with Crippen molar-refractivity contribution in [2.24, 2.45) is 0 Å².